The van der Waals surface area contributed by atoms with Crippen LogP contribution in [-0.4, -0.2) is 33.2 Å². The van der Waals surface area contributed by atoms with Gasteiger partial charge >= 0.3 is 0 Å². The largest absolute Gasteiger partial charge is 0.365 e. The second-order valence-electron chi connectivity index (χ2n) is 6.23. The van der Waals surface area contributed by atoms with Crippen LogP contribution in [0.25, 0.3) is 17.2 Å². The van der Waals surface area contributed by atoms with Crippen molar-refractivity contribution in [3.8, 4) is 11.5 Å². The van der Waals surface area contributed by atoms with Crippen molar-refractivity contribution >= 4 is 21.5 Å². The number of benzene rings is 1. The van der Waals surface area contributed by atoms with Crippen molar-refractivity contribution in [3.05, 3.63) is 65.9 Å². The fourth-order valence-electron chi connectivity index (χ4n) is 2.87. The first-order valence-corrected chi connectivity index (χ1v) is 9.96. The van der Waals surface area contributed by atoms with Crippen molar-refractivity contribution in [2.45, 2.75) is 18.4 Å². The molecule has 28 heavy (non-hydrogen) atoms. The lowest BCUT2D eigenvalue weighted by Crippen LogP contribution is -2.14. The van der Waals surface area contributed by atoms with Crippen molar-refractivity contribution in [3.63, 3.8) is 0 Å². The molecule has 0 amide bonds. The van der Waals surface area contributed by atoms with E-state index in [1.54, 1.807) is 35.8 Å². The Bertz CT molecular complexity index is 1250. The second kappa shape index (κ2) is 6.98. The van der Waals surface area contributed by atoms with Crippen molar-refractivity contribution in [2.24, 2.45) is 5.14 Å². The number of hydrogen-bond acceptors (Lipinski definition) is 7. The third-order valence-corrected chi connectivity index (χ3v) is 5.25. The highest BCUT2D eigenvalue weighted by molar-refractivity contribution is 7.89. The molecule has 0 fully saturated rings. The summed E-state index contributed by atoms with van der Waals surface area (Å²) in [4.78, 5) is 4.41. The molecule has 0 aliphatic heterocycles. The van der Waals surface area contributed by atoms with Gasteiger partial charge in [-0.2, -0.15) is 4.52 Å². The zero-order chi connectivity index (χ0) is 19.7. The summed E-state index contributed by atoms with van der Waals surface area (Å²) in [7, 11) is -3.72. The molecule has 0 radical (unpaired) electrons. The van der Waals surface area contributed by atoms with Gasteiger partial charge in [0.15, 0.2) is 5.65 Å². The number of anilines is 1. The number of nitrogens with one attached hydrogen (secondary N) is 1. The Kier molecular flexibility index (Phi) is 4.49. The van der Waals surface area contributed by atoms with Crippen molar-refractivity contribution in [2.75, 3.05) is 5.32 Å². The quantitative estimate of drug-likeness (QED) is 0.527. The zero-order valence-corrected chi connectivity index (χ0v) is 15.8. The van der Waals surface area contributed by atoms with E-state index >= 15 is 0 Å². The van der Waals surface area contributed by atoms with E-state index in [1.807, 2.05) is 24.3 Å². The van der Waals surface area contributed by atoms with E-state index in [1.165, 1.54) is 6.07 Å². The van der Waals surface area contributed by atoms with Crippen LogP contribution >= 0.6 is 0 Å². The smallest absolute Gasteiger partial charge is 0.238 e. The minimum Gasteiger partial charge on any atom is -0.365 e. The highest BCUT2D eigenvalue weighted by Crippen LogP contribution is 2.18. The average Bonchev–Trinajstić information content (AvgIpc) is 3.09. The van der Waals surface area contributed by atoms with E-state index in [9.17, 15) is 8.42 Å². The Morgan fingerprint density at radius 2 is 1.96 bits per heavy atom. The molecular weight excluding hydrogens is 378 g/mol. The number of nitrogens with two attached hydrogens (primary N) is 1. The number of fused-ring (bicyclic) bond motifs is 1. The van der Waals surface area contributed by atoms with Gasteiger partial charge in [-0.25, -0.2) is 13.6 Å². The van der Waals surface area contributed by atoms with Crippen LogP contribution in [0.3, 0.4) is 0 Å². The zero-order valence-electron chi connectivity index (χ0n) is 14.9. The first-order valence-electron chi connectivity index (χ1n) is 8.42. The Balaban J connectivity index is 1.58. The third kappa shape index (κ3) is 3.55. The average molecular weight is 395 g/mol. The molecule has 10 heteroatoms. The molecule has 0 saturated carbocycles. The van der Waals surface area contributed by atoms with E-state index in [-0.39, 0.29) is 4.90 Å². The number of rotatable bonds is 5. The molecule has 0 atom stereocenters. The van der Waals surface area contributed by atoms with Gasteiger partial charge in [-0.1, -0.05) is 18.2 Å². The maximum absolute atomic E-state index is 11.5. The molecule has 0 saturated heterocycles. The van der Waals surface area contributed by atoms with Gasteiger partial charge in [0.25, 0.3) is 0 Å². The van der Waals surface area contributed by atoms with E-state index in [0.717, 1.165) is 5.56 Å². The molecule has 0 bridgehead atoms. The minimum atomic E-state index is -3.72. The maximum atomic E-state index is 11.5. The van der Waals surface area contributed by atoms with Crippen molar-refractivity contribution in [1.29, 1.82) is 0 Å². The van der Waals surface area contributed by atoms with Crippen LogP contribution in [0.4, 0.5) is 5.82 Å². The predicted molar refractivity (Wildman–Crippen MR) is 104 cm³/mol. The highest BCUT2D eigenvalue weighted by atomic mass is 32.2. The summed E-state index contributed by atoms with van der Waals surface area (Å²) in [5.74, 6) is 1.17. The lowest BCUT2D eigenvalue weighted by atomic mass is 10.1. The summed E-state index contributed by atoms with van der Waals surface area (Å²) in [5, 5.41) is 21.2. The molecule has 3 N–H and O–H groups in total. The first kappa shape index (κ1) is 18.0. The summed E-state index contributed by atoms with van der Waals surface area (Å²) in [6.07, 6.45) is 1.69. The van der Waals surface area contributed by atoms with Crippen molar-refractivity contribution < 1.29 is 8.42 Å². The molecule has 0 aliphatic carbocycles. The molecule has 4 rings (SSSR count). The second-order valence-corrected chi connectivity index (χ2v) is 7.76. The number of sulfonamides is 1. The van der Waals surface area contributed by atoms with E-state index in [4.69, 9.17) is 5.14 Å². The van der Waals surface area contributed by atoms with Crippen LogP contribution < -0.4 is 10.5 Å². The number of aryl methyl sites for hydroxylation is 1. The van der Waals surface area contributed by atoms with Gasteiger partial charge in [-0.05, 0) is 48.4 Å². The van der Waals surface area contributed by atoms with Gasteiger partial charge in [-0.15, -0.1) is 15.3 Å². The van der Waals surface area contributed by atoms with Gasteiger partial charge in [0, 0.05) is 12.7 Å². The third-order valence-electron chi connectivity index (χ3n) is 4.18. The molecule has 9 nitrogen and oxygen atoms in total. The van der Waals surface area contributed by atoms with Crippen molar-refractivity contribution in [1.82, 2.24) is 24.8 Å². The van der Waals surface area contributed by atoms with Gasteiger partial charge in [-0.3, -0.25) is 4.98 Å². The lowest BCUT2D eigenvalue weighted by Gasteiger charge is -2.09. The molecule has 3 aromatic heterocycles. The van der Waals surface area contributed by atoms with Gasteiger partial charge in [0.2, 0.25) is 15.8 Å². The fourth-order valence-corrected chi connectivity index (χ4v) is 3.64. The van der Waals surface area contributed by atoms with E-state index < -0.39 is 10.0 Å². The normalized spacial score (nSPS) is 11.6. The number of hydrogen-bond donors (Lipinski definition) is 2. The molecular formula is C18H17N7O2S. The fraction of sp³-hybridized carbons (Fsp3) is 0.111. The summed E-state index contributed by atoms with van der Waals surface area (Å²) < 4.78 is 24.7. The molecule has 4 aromatic rings. The Labute approximate surface area is 161 Å². The van der Waals surface area contributed by atoms with Crippen LogP contribution in [0.2, 0.25) is 0 Å². The standard InChI is InChI=1S/C18H17N7O2S/c1-12-10-13(5-6-15(12)28(19,26)27)11-21-16-7-8-17-22-23-18(25(17)24-16)14-4-2-3-9-20-14/h2-10H,11H2,1H3,(H,21,24)(H2,19,26,27). The minimum absolute atomic E-state index is 0.125. The number of primary sulfonamides is 1. The van der Waals surface area contributed by atoms with Gasteiger partial charge < -0.3 is 5.32 Å². The Hall–Kier alpha value is -3.37. The molecule has 0 spiro atoms. The van der Waals surface area contributed by atoms with Crippen LogP contribution in [0.5, 0.6) is 0 Å². The van der Waals surface area contributed by atoms with Gasteiger partial charge in [0.05, 0.1) is 4.90 Å². The topological polar surface area (TPSA) is 128 Å². The highest BCUT2D eigenvalue weighted by Gasteiger charge is 2.12. The van der Waals surface area contributed by atoms with Crippen LogP contribution in [0.15, 0.2) is 59.6 Å². The van der Waals surface area contributed by atoms with E-state index in [2.05, 4.69) is 25.6 Å². The number of pyridine rings is 1. The van der Waals surface area contributed by atoms with Crippen LogP contribution in [0, 0.1) is 6.92 Å². The maximum Gasteiger partial charge on any atom is 0.238 e. The summed E-state index contributed by atoms with van der Waals surface area (Å²) >= 11 is 0. The molecule has 1 aromatic carbocycles. The lowest BCUT2D eigenvalue weighted by molar-refractivity contribution is 0.597. The van der Waals surface area contributed by atoms with Crippen LogP contribution in [-0.2, 0) is 16.6 Å². The number of aromatic nitrogens is 5. The first-order chi connectivity index (χ1) is 13.4. The molecule has 3 heterocycles. The summed E-state index contributed by atoms with van der Waals surface area (Å²) in [6.45, 7) is 2.18. The summed E-state index contributed by atoms with van der Waals surface area (Å²) in [5.41, 5.74) is 2.79. The van der Waals surface area contributed by atoms with Crippen LogP contribution in [0.1, 0.15) is 11.1 Å². The Morgan fingerprint density at radius 3 is 2.68 bits per heavy atom. The monoisotopic (exact) mass is 395 g/mol. The SMILES string of the molecule is Cc1cc(CNc2ccc3nnc(-c4ccccn4)n3n2)ccc1S(N)(=O)=O. The van der Waals surface area contributed by atoms with Gasteiger partial charge in [0.1, 0.15) is 11.5 Å². The Morgan fingerprint density at radius 1 is 1.11 bits per heavy atom. The number of nitrogens with zero attached hydrogens (tertiary/aromatic N) is 5. The van der Waals surface area contributed by atoms with E-state index in [0.29, 0.717) is 35.1 Å². The summed E-state index contributed by atoms with van der Waals surface area (Å²) in [6, 6.07) is 14.2. The molecule has 0 unspecified atom stereocenters. The predicted octanol–water partition coefficient (Wildman–Crippen LogP) is 1.75. The molecule has 142 valence electrons. The molecule has 0 aliphatic rings.